The van der Waals surface area contributed by atoms with Gasteiger partial charge in [0.2, 0.25) is 0 Å². The van der Waals surface area contributed by atoms with Crippen molar-refractivity contribution in [2.24, 2.45) is 0 Å². The summed E-state index contributed by atoms with van der Waals surface area (Å²) in [5, 5.41) is 4.87. The Morgan fingerprint density at radius 2 is 0.778 bits per heavy atom. The molecule has 0 aliphatic heterocycles. The smallest absolute Gasteiger partial charge is 0.160 e. The molecule has 0 atom stereocenters. The highest BCUT2D eigenvalue weighted by molar-refractivity contribution is 6.12. The highest BCUT2D eigenvalue weighted by atomic mass is 15.0. The van der Waals surface area contributed by atoms with Gasteiger partial charge in [0.25, 0.3) is 0 Å². The van der Waals surface area contributed by atoms with Crippen molar-refractivity contribution in [3.63, 3.8) is 0 Å². The molecule has 0 aliphatic rings. The fourth-order valence-corrected chi connectivity index (χ4v) is 9.49. The Hall–Kier alpha value is -8.34. The van der Waals surface area contributed by atoms with Crippen LogP contribution in [0.5, 0.6) is 0 Å². The first kappa shape index (κ1) is 36.5. The van der Waals surface area contributed by atoms with Crippen LogP contribution in [-0.2, 0) is 0 Å². The molecule has 12 aromatic rings. The van der Waals surface area contributed by atoms with E-state index in [4.69, 9.17) is 9.97 Å². The third-order valence-corrected chi connectivity index (χ3v) is 12.4. The maximum atomic E-state index is 5.30. The zero-order chi connectivity index (χ0) is 41.9. The Labute approximate surface area is 365 Å². The van der Waals surface area contributed by atoms with Crippen LogP contribution in [0.4, 0.5) is 0 Å². The zero-order valence-electron chi connectivity index (χ0n) is 34.7. The SMILES string of the molecule is Cc1cccc(-c2ccc3c(c2)c2ccccc2n3-c2ccc(-c3nc(-c4ccccc4)cc(-c4ccccc4)n3)cc2-c2ccccc2-n2c3ccccc3c3ccccc32)c1. The molecule has 12 rings (SSSR count). The number of para-hydroxylation sites is 4. The lowest BCUT2D eigenvalue weighted by Crippen LogP contribution is -2.02. The van der Waals surface area contributed by atoms with Gasteiger partial charge in [-0.25, -0.2) is 9.97 Å². The van der Waals surface area contributed by atoms with Crippen molar-refractivity contribution in [1.29, 1.82) is 0 Å². The minimum Gasteiger partial charge on any atom is -0.309 e. The van der Waals surface area contributed by atoms with Gasteiger partial charge in [-0.2, -0.15) is 0 Å². The van der Waals surface area contributed by atoms with Gasteiger partial charge in [0.15, 0.2) is 5.82 Å². The second-order valence-electron chi connectivity index (χ2n) is 16.3. The molecule has 0 aliphatic carbocycles. The molecule has 63 heavy (non-hydrogen) atoms. The lowest BCUT2D eigenvalue weighted by molar-refractivity contribution is 1.15. The van der Waals surface area contributed by atoms with Crippen molar-refractivity contribution in [2.75, 3.05) is 0 Å². The maximum absolute atomic E-state index is 5.30. The zero-order valence-corrected chi connectivity index (χ0v) is 34.7. The molecule has 4 nitrogen and oxygen atoms in total. The third kappa shape index (κ3) is 6.23. The highest BCUT2D eigenvalue weighted by Gasteiger charge is 2.22. The minimum atomic E-state index is 0.669. The largest absolute Gasteiger partial charge is 0.309 e. The summed E-state index contributed by atoms with van der Waals surface area (Å²) in [6, 6.07) is 80.4. The fourth-order valence-electron chi connectivity index (χ4n) is 9.49. The second kappa shape index (κ2) is 15.0. The maximum Gasteiger partial charge on any atom is 0.160 e. The summed E-state index contributed by atoms with van der Waals surface area (Å²) < 4.78 is 4.87. The number of hydrogen-bond acceptors (Lipinski definition) is 2. The second-order valence-corrected chi connectivity index (χ2v) is 16.3. The summed E-state index contributed by atoms with van der Waals surface area (Å²) in [6.45, 7) is 2.15. The number of rotatable bonds is 7. The quantitative estimate of drug-likeness (QED) is 0.161. The van der Waals surface area contributed by atoms with Gasteiger partial charge in [-0.3, -0.25) is 0 Å². The van der Waals surface area contributed by atoms with E-state index in [1.165, 1.54) is 38.2 Å². The van der Waals surface area contributed by atoms with Crippen LogP contribution in [0.25, 0.3) is 111 Å². The number of aryl methyl sites for hydroxylation is 1. The van der Waals surface area contributed by atoms with E-state index in [2.05, 4.69) is 228 Å². The molecule has 0 amide bonds. The summed E-state index contributed by atoms with van der Waals surface area (Å²) in [5.41, 5.74) is 17.4. The van der Waals surface area contributed by atoms with Gasteiger partial charge in [-0.1, -0.05) is 169 Å². The van der Waals surface area contributed by atoms with E-state index in [0.717, 1.165) is 72.6 Å². The van der Waals surface area contributed by atoms with Crippen LogP contribution in [0, 0.1) is 6.92 Å². The number of fused-ring (bicyclic) bond motifs is 6. The van der Waals surface area contributed by atoms with Crippen molar-refractivity contribution in [3.05, 3.63) is 230 Å². The molecule has 0 bridgehead atoms. The lowest BCUT2D eigenvalue weighted by atomic mass is 9.97. The normalized spacial score (nSPS) is 11.6. The number of aromatic nitrogens is 4. The van der Waals surface area contributed by atoms with E-state index >= 15 is 0 Å². The van der Waals surface area contributed by atoms with Crippen LogP contribution in [0.1, 0.15) is 5.56 Å². The molecule has 4 heteroatoms. The van der Waals surface area contributed by atoms with Crippen molar-refractivity contribution in [2.45, 2.75) is 6.92 Å². The average molecular weight is 805 g/mol. The third-order valence-electron chi connectivity index (χ3n) is 12.4. The predicted octanol–water partition coefficient (Wildman–Crippen LogP) is 15.3. The van der Waals surface area contributed by atoms with Gasteiger partial charge in [0.1, 0.15) is 0 Å². The Morgan fingerprint density at radius 1 is 0.302 bits per heavy atom. The standard InChI is InChI=1S/C59H40N4/c1-39-17-16-22-42(35-39)43-31-33-57-49(36-43)47-25-10-15-30-56(47)63(57)58-34-32-44(59-60-51(40-18-4-2-5-19-40)38-52(61-59)41-20-6-3-7-21-41)37-50(58)48-26-11-14-29-55(48)62-53-27-12-8-23-45(53)46-24-9-13-28-54(46)62/h2-38H,1H3. The molecule has 9 aromatic carbocycles. The van der Waals surface area contributed by atoms with E-state index in [1.54, 1.807) is 0 Å². The van der Waals surface area contributed by atoms with Gasteiger partial charge < -0.3 is 9.13 Å². The van der Waals surface area contributed by atoms with Crippen LogP contribution in [0.15, 0.2) is 224 Å². The van der Waals surface area contributed by atoms with Crippen molar-refractivity contribution in [3.8, 4) is 67.5 Å². The fraction of sp³-hybridized carbons (Fsp3) is 0.0169. The van der Waals surface area contributed by atoms with E-state index in [0.29, 0.717) is 5.82 Å². The topological polar surface area (TPSA) is 35.6 Å². The Kier molecular flexibility index (Phi) is 8.68. The van der Waals surface area contributed by atoms with Gasteiger partial charge >= 0.3 is 0 Å². The van der Waals surface area contributed by atoms with Crippen LogP contribution >= 0.6 is 0 Å². The van der Waals surface area contributed by atoms with Crippen LogP contribution < -0.4 is 0 Å². The van der Waals surface area contributed by atoms with E-state index in [-0.39, 0.29) is 0 Å². The summed E-state index contributed by atoms with van der Waals surface area (Å²) in [7, 11) is 0. The molecule has 0 fully saturated rings. The summed E-state index contributed by atoms with van der Waals surface area (Å²) in [5.74, 6) is 0.669. The van der Waals surface area contributed by atoms with Gasteiger partial charge in [-0.05, 0) is 78.7 Å². The number of benzene rings is 9. The molecule has 3 aromatic heterocycles. The number of nitrogens with zero attached hydrogens (tertiary/aromatic N) is 4. The average Bonchev–Trinajstić information content (AvgIpc) is 3.87. The predicted molar refractivity (Wildman–Crippen MR) is 263 cm³/mol. The lowest BCUT2D eigenvalue weighted by Gasteiger charge is -2.20. The van der Waals surface area contributed by atoms with Gasteiger partial charge in [0.05, 0.1) is 44.8 Å². The molecular formula is C59H40N4. The molecule has 0 saturated heterocycles. The van der Waals surface area contributed by atoms with E-state index in [1.807, 2.05) is 12.1 Å². The first-order chi connectivity index (χ1) is 31.2. The Balaban J connectivity index is 1.15. The van der Waals surface area contributed by atoms with E-state index < -0.39 is 0 Å². The summed E-state index contributed by atoms with van der Waals surface area (Å²) >= 11 is 0. The van der Waals surface area contributed by atoms with Crippen molar-refractivity contribution < 1.29 is 0 Å². The molecule has 0 unspecified atom stereocenters. The van der Waals surface area contributed by atoms with Gasteiger partial charge in [0, 0.05) is 49.4 Å². The Bertz CT molecular complexity index is 3580. The van der Waals surface area contributed by atoms with Crippen LogP contribution in [0.2, 0.25) is 0 Å². The molecular weight excluding hydrogens is 765 g/mol. The number of hydrogen-bond donors (Lipinski definition) is 0. The molecule has 0 spiro atoms. The molecule has 0 saturated carbocycles. The molecule has 0 N–H and O–H groups in total. The molecule has 0 radical (unpaired) electrons. The Morgan fingerprint density at radius 3 is 1.40 bits per heavy atom. The molecule has 296 valence electrons. The first-order valence-corrected chi connectivity index (χ1v) is 21.5. The highest BCUT2D eigenvalue weighted by Crippen LogP contribution is 2.43. The first-order valence-electron chi connectivity index (χ1n) is 21.5. The van der Waals surface area contributed by atoms with Crippen molar-refractivity contribution >= 4 is 43.6 Å². The van der Waals surface area contributed by atoms with Crippen molar-refractivity contribution in [1.82, 2.24) is 19.1 Å². The summed E-state index contributed by atoms with van der Waals surface area (Å²) in [6.07, 6.45) is 0. The minimum absolute atomic E-state index is 0.669. The summed E-state index contributed by atoms with van der Waals surface area (Å²) in [4.78, 5) is 10.6. The van der Waals surface area contributed by atoms with Crippen LogP contribution in [-0.4, -0.2) is 19.1 Å². The molecule has 3 heterocycles. The monoisotopic (exact) mass is 804 g/mol. The van der Waals surface area contributed by atoms with E-state index in [9.17, 15) is 0 Å². The van der Waals surface area contributed by atoms with Gasteiger partial charge in [-0.15, -0.1) is 0 Å². The van der Waals surface area contributed by atoms with Crippen LogP contribution in [0.3, 0.4) is 0 Å².